The van der Waals surface area contributed by atoms with Crippen LogP contribution in [0.1, 0.15) is 51.9 Å². The van der Waals surface area contributed by atoms with Crippen LogP contribution in [0.5, 0.6) is 0 Å². The monoisotopic (exact) mass is 281 g/mol. The van der Waals surface area contributed by atoms with Crippen molar-refractivity contribution in [2.24, 2.45) is 0 Å². The quantitative estimate of drug-likeness (QED) is 0.635. The summed E-state index contributed by atoms with van der Waals surface area (Å²) in [5.41, 5.74) is 0. The molecule has 0 bridgehead atoms. The topological polar surface area (TPSA) is 43.9 Å². The van der Waals surface area contributed by atoms with Crippen molar-refractivity contribution in [1.29, 1.82) is 0 Å². The molecule has 2 rings (SSSR count). The zero-order valence-electron chi connectivity index (χ0n) is 12.6. The van der Waals surface area contributed by atoms with Crippen LogP contribution in [0.3, 0.4) is 0 Å². The van der Waals surface area contributed by atoms with Gasteiger partial charge in [-0.2, -0.15) is 0 Å². The second kappa shape index (κ2) is 7.62. The van der Waals surface area contributed by atoms with Gasteiger partial charge in [0.2, 0.25) is 11.8 Å². The maximum absolute atomic E-state index is 11.8. The molecule has 0 aromatic rings. The van der Waals surface area contributed by atoms with Crippen molar-refractivity contribution in [2.45, 2.75) is 51.9 Å². The fourth-order valence-corrected chi connectivity index (χ4v) is 2.96. The summed E-state index contributed by atoms with van der Waals surface area (Å²) in [6.07, 6.45) is 6.86. The Morgan fingerprint density at radius 2 is 1.50 bits per heavy atom. The molecule has 0 aliphatic carbocycles. The molecule has 114 valence electrons. The van der Waals surface area contributed by atoms with Gasteiger partial charge in [0.25, 0.3) is 0 Å². The third kappa shape index (κ3) is 4.20. The lowest BCUT2D eigenvalue weighted by molar-refractivity contribution is -0.132. The fourth-order valence-electron chi connectivity index (χ4n) is 2.96. The predicted octanol–water partition coefficient (Wildman–Crippen LogP) is 1.64. The number of rotatable bonds is 8. The van der Waals surface area contributed by atoms with Gasteiger partial charge in [-0.1, -0.05) is 19.8 Å². The Balaban J connectivity index is 1.85. The van der Waals surface area contributed by atoms with E-state index >= 15 is 0 Å². The smallest absolute Gasteiger partial charge is 0.223 e. The molecule has 2 amide bonds. The second-order valence-electron chi connectivity index (χ2n) is 5.91. The van der Waals surface area contributed by atoms with Crippen LogP contribution >= 0.6 is 0 Å². The molecule has 0 saturated carbocycles. The van der Waals surface area contributed by atoms with Gasteiger partial charge >= 0.3 is 0 Å². The minimum Gasteiger partial charge on any atom is -0.330 e. The van der Waals surface area contributed by atoms with E-state index in [9.17, 15) is 9.59 Å². The lowest BCUT2D eigenvalue weighted by Gasteiger charge is -2.31. The average Bonchev–Trinajstić information content (AvgIpc) is 3.00. The van der Waals surface area contributed by atoms with Crippen LogP contribution in [-0.2, 0) is 9.59 Å². The van der Waals surface area contributed by atoms with Crippen LogP contribution in [-0.4, -0.2) is 59.5 Å². The van der Waals surface area contributed by atoms with Gasteiger partial charge in [0.1, 0.15) is 0 Å². The van der Waals surface area contributed by atoms with Gasteiger partial charge in [-0.05, 0) is 19.3 Å². The fraction of sp³-hybridized carbons (Fsp3) is 0.867. The van der Waals surface area contributed by atoms with Gasteiger partial charge < -0.3 is 9.80 Å². The Hall–Kier alpha value is -1.10. The lowest BCUT2D eigenvalue weighted by atomic mass is 10.2. The van der Waals surface area contributed by atoms with Gasteiger partial charge in [0, 0.05) is 32.5 Å². The van der Waals surface area contributed by atoms with E-state index in [1.54, 1.807) is 0 Å². The molecule has 0 aromatic carbocycles. The summed E-state index contributed by atoms with van der Waals surface area (Å²) in [7, 11) is 0. The summed E-state index contributed by atoms with van der Waals surface area (Å²) >= 11 is 0. The molecular formula is C15H27N3O2. The highest BCUT2D eigenvalue weighted by Crippen LogP contribution is 2.14. The summed E-state index contributed by atoms with van der Waals surface area (Å²) in [6, 6.07) is 0. The van der Waals surface area contributed by atoms with Gasteiger partial charge in [-0.3, -0.25) is 14.5 Å². The predicted molar refractivity (Wildman–Crippen MR) is 77.9 cm³/mol. The molecule has 2 saturated heterocycles. The molecule has 2 fully saturated rings. The van der Waals surface area contributed by atoms with E-state index in [4.69, 9.17) is 0 Å². The lowest BCUT2D eigenvalue weighted by Crippen LogP contribution is -2.45. The Morgan fingerprint density at radius 1 is 0.950 bits per heavy atom. The minimum absolute atomic E-state index is 0.262. The summed E-state index contributed by atoms with van der Waals surface area (Å²) in [4.78, 5) is 29.7. The molecule has 20 heavy (non-hydrogen) atoms. The Labute approximate surface area is 121 Å². The van der Waals surface area contributed by atoms with Crippen molar-refractivity contribution >= 4 is 11.8 Å². The van der Waals surface area contributed by atoms with Crippen molar-refractivity contribution in [3.05, 3.63) is 0 Å². The van der Waals surface area contributed by atoms with Gasteiger partial charge in [-0.25, -0.2) is 0 Å². The number of amides is 2. The molecule has 0 spiro atoms. The minimum atomic E-state index is 0.262. The molecule has 2 aliphatic heterocycles. The number of nitrogens with zero attached hydrogens (tertiary/aromatic N) is 3. The van der Waals surface area contributed by atoms with E-state index < -0.39 is 0 Å². The molecule has 0 atom stereocenters. The third-order valence-electron chi connectivity index (χ3n) is 4.16. The zero-order chi connectivity index (χ0) is 14.4. The summed E-state index contributed by atoms with van der Waals surface area (Å²) in [6.45, 7) is 6.28. The molecule has 0 unspecified atom stereocenters. The summed E-state index contributed by atoms with van der Waals surface area (Å²) in [5.74, 6) is 0.525. The van der Waals surface area contributed by atoms with Crippen LogP contribution in [0.4, 0.5) is 0 Å². The van der Waals surface area contributed by atoms with Crippen molar-refractivity contribution in [1.82, 2.24) is 14.7 Å². The van der Waals surface area contributed by atoms with E-state index in [0.717, 1.165) is 38.9 Å². The first-order valence-corrected chi connectivity index (χ1v) is 7.98. The van der Waals surface area contributed by atoms with E-state index in [1.807, 2.05) is 9.80 Å². The normalized spacial score (nSPS) is 19.7. The molecule has 0 N–H and O–H groups in total. The number of unbranched alkanes of at least 4 members (excludes halogenated alkanes) is 2. The van der Waals surface area contributed by atoms with Crippen molar-refractivity contribution in [3.63, 3.8) is 0 Å². The largest absolute Gasteiger partial charge is 0.330 e. The number of hydrogen-bond donors (Lipinski definition) is 0. The van der Waals surface area contributed by atoms with Crippen LogP contribution in [0.2, 0.25) is 0 Å². The first-order valence-electron chi connectivity index (χ1n) is 7.98. The Morgan fingerprint density at radius 3 is 1.90 bits per heavy atom. The first kappa shape index (κ1) is 15.3. The Kier molecular flexibility index (Phi) is 5.83. The van der Waals surface area contributed by atoms with Crippen molar-refractivity contribution in [3.8, 4) is 0 Å². The highest BCUT2D eigenvalue weighted by molar-refractivity contribution is 5.78. The SMILES string of the molecule is CCCCCN(CN1CCCC1=O)CN1CCCC1=O. The number of likely N-dealkylation sites (tertiary alicyclic amines) is 2. The number of hydrogen-bond acceptors (Lipinski definition) is 3. The highest BCUT2D eigenvalue weighted by Gasteiger charge is 2.26. The molecule has 5 heteroatoms. The summed E-state index contributed by atoms with van der Waals surface area (Å²) < 4.78 is 0. The van der Waals surface area contributed by atoms with Gasteiger partial charge in [-0.15, -0.1) is 0 Å². The van der Waals surface area contributed by atoms with Gasteiger partial charge in [0.15, 0.2) is 0 Å². The van der Waals surface area contributed by atoms with Crippen LogP contribution in [0.25, 0.3) is 0 Å². The van der Waals surface area contributed by atoms with Gasteiger partial charge in [0.05, 0.1) is 13.3 Å². The summed E-state index contributed by atoms with van der Waals surface area (Å²) in [5, 5.41) is 0. The molecule has 2 heterocycles. The van der Waals surface area contributed by atoms with E-state index in [0.29, 0.717) is 26.2 Å². The zero-order valence-corrected chi connectivity index (χ0v) is 12.6. The maximum Gasteiger partial charge on any atom is 0.223 e. The van der Waals surface area contributed by atoms with Crippen molar-refractivity contribution < 1.29 is 9.59 Å². The standard InChI is InChI=1S/C15H27N3O2/c1-2-3-4-9-16(12-17-10-5-7-14(17)19)13-18-11-6-8-15(18)20/h2-13H2,1H3. The van der Waals surface area contributed by atoms with E-state index in [2.05, 4.69) is 11.8 Å². The van der Waals surface area contributed by atoms with Crippen LogP contribution < -0.4 is 0 Å². The molecule has 0 aromatic heterocycles. The van der Waals surface area contributed by atoms with E-state index in [-0.39, 0.29) is 11.8 Å². The molecular weight excluding hydrogens is 254 g/mol. The van der Waals surface area contributed by atoms with Crippen LogP contribution in [0.15, 0.2) is 0 Å². The number of carbonyl (C=O) groups is 2. The number of carbonyl (C=O) groups excluding carboxylic acids is 2. The Bertz CT molecular complexity index is 318. The molecule has 5 nitrogen and oxygen atoms in total. The first-order chi connectivity index (χ1) is 9.70. The molecule has 2 aliphatic rings. The maximum atomic E-state index is 11.8. The van der Waals surface area contributed by atoms with Crippen molar-refractivity contribution in [2.75, 3.05) is 33.0 Å². The van der Waals surface area contributed by atoms with Crippen LogP contribution in [0, 0.1) is 0 Å². The average molecular weight is 281 g/mol. The second-order valence-corrected chi connectivity index (χ2v) is 5.91. The highest BCUT2D eigenvalue weighted by atomic mass is 16.2. The molecule has 0 radical (unpaired) electrons. The third-order valence-corrected chi connectivity index (χ3v) is 4.16. The van der Waals surface area contributed by atoms with E-state index in [1.165, 1.54) is 12.8 Å².